The Hall–Kier alpha value is -0.790. The third kappa shape index (κ3) is 2.91. The minimum absolute atomic E-state index is 0.160. The first kappa shape index (κ1) is 15.1. The highest BCUT2D eigenvalue weighted by Gasteiger charge is 2.53. The van der Waals surface area contributed by atoms with Crippen molar-refractivity contribution in [3.8, 4) is 0 Å². The number of ether oxygens (including phenoxy) is 1. The van der Waals surface area contributed by atoms with Gasteiger partial charge in [-0.15, -0.1) is 0 Å². The Balaban J connectivity index is 1.86. The molecular weight excluding hydrogens is 260 g/mol. The molecule has 0 spiro atoms. The topological polar surface area (TPSA) is 26.3 Å². The lowest BCUT2D eigenvalue weighted by molar-refractivity contribution is -0.168. The number of fused-ring (bicyclic) bond motifs is 2. The van der Waals surface area contributed by atoms with Crippen LogP contribution in [0.4, 0.5) is 0 Å². The van der Waals surface area contributed by atoms with E-state index in [4.69, 9.17) is 4.74 Å². The minimum Gasteiger partial charge on any atom is -0.455 e. The Bertz CT molecular complexity index is 427. The van der Waals surface area contributed by atoms with Gasteiger partial charge in [0.2, 0.25) is 0 Å². The molecule has 2 bridgehead atoms. The van der Waals surface area contributed by atoms with Gasteiger partial charge in [-0.25, -0.2) is 4.79 Å². The third-order valence-corrected chi connectivity index (χ3v) is 6.30. The molecule has 0 saturated heterocycles. The fourth-order valence-corrected chi connectivity index (χ4v) is 5.38. The van der Waals surface area contributed by atoms with E-state index in [1.165, 1.54) is 44.9 Å². The third-order valence-electron chi connectivity index (χ3n) is 6.30. The molecule has 0 N–H and O–H groups in total. The summed E-state index contributed by atoms with van der Waals surface area (Å²) in [5.41, 5.74) is 0.362. The minimum atomic E-state index is -0.189. The maximum Gasteiger partial charge on any atom is 0.333 e. The summed E-state index contributed by atoms with van der Waals surface area (Å²) in [6.45, 7) is 7.90. The largest absolute Gasteiger partial charge is 0.455 e. The van der Waals surface area contributed by atoms with Gasteiger partial charge in [-0.1, -0.05) is 32.8 Å². The Labute approximate surface area is 129 Å². The first-order chi connectivity index (χ1) is 10.00. The first-order valence-corrected chi connectivity index (χ1v) is 8.89. The number of esters is 1. The van der Waals surface area contributed by atoms with Crippen molar-refractivity contribution in [3.05, 3.63) is 12.2 Å². The second-order valence-electron chi connectivity index (χ2n) is 8.07. The van der Waals surface area contributed by atoms with Crippen molar-refractivity contribution in [2.24, 2.45) is 23.7 Å². The fraction of sp³-hybridized carbons (Fsp3) is 0.842. The molecule has 21 heavy (non-hydrogen) atoms. The highest BCUT2D eigenvalue weighted by Crippen LogP contribution is 2.56. The monoisotopic (exact) mass is 290 g/mol. The van der Waals surface area contributed by atoms with Crippen LogP contribution in [-0.2, 0) is 9.53 Å². The van der Waals surface area contributed by atoms with Crippen LogP contribution < -0.4 is 0 Å². The zero-order chi connectivity index (χ0) is 15.0. The Morgan fingerprint density at radius 2 is 2.00 bits per heavy atom. The smallest absolute Gasteiger partial charge is 0.333 e. The lowest BCUT2D eigenvalue weighted by Crippen LogP contribution is -2.45. The average molecular weight is 290 g/mol. The van der Waals surface area contributed by atoms with Gasteiger partial charge in [0.05, 0.1) is 0 Å². The van der Waals surface area contributed by atoms with Crippen molar-refractivity contribution in [2.45, 2.75) is 77.2 Å². The van der Waals surface area contributed by atoms with E-state index < -0.39 is 0 Å². The highest BCUT2D eigenvalue weighted by atomic mass is 16.6. The Morgan fingerprint density at radius 1 is 1.19 bits per heavy atom. The van der Waals surface area contributed by atoms with Gasteiger partial charge in [-0.05, 0) is 63.2 Å². The summed E-state index contributed by atoms with van der Waals surface area (Å²) in [5, 5.41) is 0. The molecule has 5 atom stereocenters. The lowest BCUT2D eigenvalue weighted by Gasteiger charge is -2.43. The Kier molecular flexibility index (Phi) is 4.16. The molecule has 0 heterocycles. The van der Waals surface area contributed by atoms with Crippen LogP contribution in [0.2, 0.25) is 0 Å². The van der Waals surface area contributed by atoms with E-state index in [-0.39, 0.29) is 11.6 Å². The predicted molar refractivity (Wildman–Crippen MR) is 84.8 cm³/mol. The van der Waals surface area contributed by atoms with Gasteiger partial charge >= 0.3 is 5.97 Å². The molecule has 3 aliphatic carbocycles. The summed E-state index contributed by atoms with van der Waals surface area (Å²) >= 11 is 0. The van der Waals surface area contributed by atoms with Gasteiger partial charge < -0.3 is 4.74 Å². The number of hydrogen-bond donors (Lipinski definition) is 0. The molecular formula is C19H30O2. The highest BCUT2D eigenvalue weighted by molar-refractivity contribution is 5.87. The Morgan fingerprint density at radius 3 is 2.62 bits per heavy atom. The van der Waals surface area contributed by atoms with Crippen LogP contribution in [0.25, 0.3) is 0 Å². The van der Waals surface area contributed by atoms with Crippen molar-refractivity contribution in [3.63, 3.8) is 0 Å². The molecule has 0 amide bonds. The molecule has 5 unspecified atom stereocenters. The van der Waals surface area contributed by atoms with Crippen LogP contribution in [-0.4, -0.2) is 11.6 Å². The molecule has 0 radical (unpaired) electrons. The zero-order valence-corrected chi connectivity index (χ0v) is 13.7. The maximum absolute atomic E-state index is 12.3. The maximum atomic E-state index is 12.3. The first-order valence-electron chi connectivity index (χ1n) is 8.89. The molecule has 3 rings (SSSR count). The van der Waals surface area contributed by atoms with E-state index in [0.29, 0.717) is 17.4 Å². The molecule has 0 aromatic heterocycles. The molecule has 3 saturated carbocycles. The van der Waals surface area contributed by atoms with Gasteiger partial charge in [0.15, 0.2) is 0 Å². The number of rotatable bonds is 3. The van der Waals surface area contributed by atoms with Crippen LogP contribution in [0.15, 0.2) is 12.2 Å². The van der Waals surface area contributed by atoms with E-state index in [1.54, 1.807) is 6.92 Å². The quantitative estimate of drug-likeness (QED) is 0.420. The van der Waals surface area contributed by atoms with Crippen molar-refractivity contribution in [1.82, 2.24) is 0 Å². The van der Waals surface area contributed by atoms with Gasteiger partial charge in [-0.3, -0.25) is 0 Å². The van der Waals surface area contributed by atoms with Crippen LogP contribution in [0, 0.1) is 23.7 Å². The van der Waals surface area contributed by atoms with Crippen LogP contribution in [0.5, 0.6) is 0 Å². The number of carbonyl (C=O) groups is 1. The normalized spacial score (nSPS) is 42.6. The van der Waals surface area contributed by atoms with Gasteiger partial charge in [0.25, 0.3) is 0 Å². The fourth-order valence-electron chi connectivity index (χ4n) is 5.38. The molecule has 2 nitrogen and oxygen atoms in total. The molecule has 3 fully saturated rings. The summed E-state index contributed by atoms with van der Waals surface area (Å²) in [5.74, 6) is 2.83. The lowest BCUT2D eigenvalue weighted by atomic mass is 9.71. The van der Waals surface area contributed by atoms with E-state index in [0.717, 1.165) is 24.7 Å². The zero-order valence-electron chi connectivity index (χ0n) is 13.7. The molecule has 0 aromatic carbocycles. The number of hydrogen-bond acceptors (Lipinski definition) is 2. The SMILES string of the molecule is C=C(C)C(=O)OC1(C2CC3CCC2C3)CCCCC(C)C1. The van der Waals surface area contributed by atoms with Crippen molar-refractivity contribution >= 4 is 5.97 Å². The standard InChI is InChI=1S/C19H30O2/c1-13(2)18(20)21-19(9-5-4-6-14(3)12-19)17-11-15-7-8-16(17)10-15/h14-17H,1,4-12H2,2-3H3. The molecule has 0 aromatic rings. The summed E-state index contributed by atoms with van der Waals surface area (Å²) in [6, 6.07) is 0. The summed E-state index contributed by atoms with van der Waals surface area (Å²) in [6.07, 6.45) is 11.4. The van der Waals surface area contributed by atoms with E-state index in [9.17, 15) is 4.79 Å². The van der Waals surface area contributed by atoms with Crippen LogP contribution >= 0.6 is 0 Å². The summed E-state index contributed by atoms with van der Waals surface area (Å²) < 4.78 is 6.19. The van der Waals surface area contributed by atoms with E-state index in [1.807, 2.05) is 0 Å². The number of carbonyl (C=O) groups excluding carboxylic acids is 1. The van der Waals surface area contributed by atoms with E-state index >= 15 is 0 Å². The second-order valence-corrected chi connectivity index (χ2v) is 8.07. The summed E-state index contributed by atoms with van der Waals surface area (Å²) in [4.78, 5) is 12.3. The molecule has 118 valence electrons. The summed E-state index contributed by atoms with van der Waals surface area (Å²) in [7, 11) is 0. The van der Waals surface area contributed by atoms with Crippen molar-refractivity contribution in [2.75, 3.05) is 0 Å². The van der Waals surface area contributed by atoms with E-state index in [2.05, 4.69) is 13.5 Å². The average Bonchev–Trinajstić information content (AvgIpc) is 3.01. The van der Waals surface area contributed by atoms with Crippen LogP contribution in [0.3, 0.4) is 0 Å². The second kappa shape index (κ2) is 5.78. The van der Waals surface area contributed by atoms with Crippen molar-refractivity contribution < 1.29 is 9.53 Å². The molecule has 2 heteroatoms. The van der Waals surface area contributed by atoms with Crippen molar-refractivity contribution in [1.29, 1.82) is 0 Å². The molecule has 0 aliphatic heterocycles. The van der Waals surface area contributed by atoms with Gasteiger partial charge in [-0.2, -0.15) is 0 Å². The van der Waals surface area contributed by atoms with Gasteiger partial charge in [0.1, 0.15) is 5.60 Å². The predicted octanol–water partition coefficient (Wildman–Crippen LogP) is 4.88. The van der Waals surface area contributed by atoms with Crippen LogP contribution in [0.1, 0.15) is 71.6 Å². The van der Waals surface area contributed by atoms with Gasteiger partial charge in [0, 0.05) is 11.5 Å². The molecule has 3 aliphatic rings.